The van der Waals surface area contributed by atoms with Crippen LogP contribution in [0.15, 0.2) is 5.38 Å². The van der Waals surface area contributed by atoms with Gasteiger partial charge in [-0.05, 0) is 6.42 Å². The number of piperazine rings is 1. The van der Waals surface area contributed by atoms with Gasteiger partial charge in [-0.2, -0.15) is 0 Å². The van der Waals surface area contributed by atoms with E-state index in [1.54, 1.807) is 11.3 Å². The Labute approximate surface area is 111 Å². The number of nitrogens with zero attached hydrogens (tertiary/aromatic N) is 3. The first-order valence-corrected chi connectivity index (χ1v) is 7.15. The summed E-state index contributed by atoms with van der Waals surface area (Å²) in [6.07, 6.45) is 0.997. The summed E-state index contributed by atoms with van der Waals surface area (Å²) >= 11 is 1.72. The van der Waals surface area contributed by atoms with E-state index in [-0.39, 0.29) is 6.54 Å². The Balaban J connectivity index is 1.78. The van der Waals surface area contributed by atoms with Gasteiger partial charge in [0, 0.05) is 38.1 Å². The standard InChI is InChI=1S/C12H19N3O2S/c1-2-11-13-10(9-18-11)7-14-3-5-15(6-4-14)8-12(16)17/h9H,2-8H2,1H3,(H,16,17). The second kappa shape index (κ2) is 6.26. The van der Waals surface area contributed by atoms with Gasteiger partial charge >= 0.3 is 5.97 Å². The molecule has 5 nitrogen and oxygen atoms in total. The number of hydrogen-bond acceptors (Lipinski definition) is 5. The van der Waals surface area contributed by atoms with E-state index in [0.717, 1.165) is 44.8 Å². The fraction of sp³-hybridized carbons (Fsp3) is 0.667. The van der Waals surface area contributed by atoms with Gasteiger partial charge in [0.05, 0.1) is 17.2 Å². The van der Waals surface area contributed by atoms with Gasteiger partial charge in [0.2, 0.25) is 0 Å². The number of aromatic nitrogens is 1. The number of rotatable bonds is 5. The molecule has 1 aliphatic rings. The van der Waals surface area contributed by atoms with Crippen LogP contribution in [0.2, 0.25) is 0 Å². The second-order valence-corrected chi connectivity index (χ2v) is 5.47. The average molecular weight is 269 g/mol. The summed E-state index contributed by atoms with van der Waals surface area (Å²) in [7, 11) is 0. The van der Waals surface area contributed by atoms with Crippen LogP contribution in [0.3, 0.4) is 0 Å². The highest BCUT2D eigenvalue weighted by Crippen LogP contribution is 2.13. The molecule has 6 heteroatoms. The van der Waals surface area contributed by atoms with E-state index < -0.39 is 5.97 Å². The lowest BCUT2D eigenvalue weighted by molar-refractivity contribution is -0.138. The number of hydrogen-bond donors (Lipinski definition) is 1. The topological polar surface area (TPSA) is 56.7 Å². The number of carboxylic acid groups (broad SMARTS) is 1. The minimum absolute atomic E-state index is 0.157. The molecule has 1 N–H and O–H groups in total. The summed E-state index contributed by atoms with van der Waals surface area (Å²) in [5.74, 6) is -0.740. The van der Waals surface area contributed by atoms with Crippen LogP contribution in [0.5, 0.6) is 0 Å². The lowest BCUT2D eigenvalue weighted by atomic mass is 10.3. The van der Waals surface area contributed by atoms with Gasteiger partial charge in [0.15, 0.2) is 0 Å². The Morgan fingerprint density at radius 2 is 2.06 bits per heavy atom. The molecule has 1 saturated heterocycles. The zero-order valence-electron chi connectivity index (χ0n) is 10.6. The monoisotopic (exact) mass is 269 g/mol. The highest BCUT2D eigenvalue weighted by molar-refractivity contribution is 7.09. The van der Waals surface area contributed by atoms with E-state index in [9.17, 15) is 4.79 Å². The van der Waals surface area contributed by atoms with Crippen molar-refractivity contribution in [1.82, 2.24) is 14.8 Å². The third-order valence-electron chi connectivity index (χ3n) is 3.11. The summed E-state index contributed by atoms with van der Waals surface area (Å²) in [6, 6.07) is 0. The zero-order chi connectivity index (χ0) is 13.0. The molecule has 2 rings (SSSR count). The van der Waals surface area contributed by atoms with E-state index in [1.807, 2.05) is 4.90 Å². The third kappa shape index (κ3) is 3.76. The molecule has 1 aliphatic heterocycles. The first-order valence-electron chi connectivity index (χ1n) is 6.27. The van der Waals surface area contributed by atoms with Crippen molar-refractivity contribution in [2.45, 2.75) is 19.9 Å². The third-order valence-corrected chi connectivity index (χ3v) is 4.15. The predicted octanol–water partition coefficient (Wildman–Crippen LogP) is 0.908. The van der Waals surface area contributed by atoms with Crippen molar-refractivity contribution in [1.29, 1.82) is 0 Å². The molecule has 18 heavy (non-hydrogen) atoms. The van der Waals surface area contributed by atoms with Crippen molar-refractivity contribution in [3.63, 3.8) is 0 Å². The smallest absolute Gasteiger partial charge is 0.317 e. The number of aryl methyl sites for hydroxylation is 1. The molecule has 1 aromatic heterocycles. The van der Waals surface area contributed by atoms with Gasteiger partial charge in [-0.1, -0.05) is 6.92 Å². The minimum Gasteiger partial charge on any atom is -0.480 e. The van der Waals surface area contributed by atoms with Crippen molar-refractivity contribution < 1.29 is 9.90 Å². The van der Waals surface area contributed by atoms with Crippen LogP contribution < -0.4 is 0 Å². The van der Waals surface area contributed by atoms with Crippen molar-refractivity contribution >= 4 is 17.3 Å². The Kier molecular flexibility index (Phi) is 4.68. The fourth-order valence-electron chi connectivity index (χ4n) is 2.11. The van der Waals surface area contributed by atoms with Gasteiger partial charge in [-0.3, -0.25) is 14.6 Å². The van der Waals surface area contributed by atoms with E-state index >= 15 is 0 Å². The lowest BCUT2D eigenvalue weighted by Gasteiger charge is -2.33. The van der Waals surface area contributed by atoms with Crippen LogP contribution >= 0.6 is 11.3 Å². The van der Waals surface area contributed by atoms with Gasteiger partial charge in [-0.25, -0.2) is 4.98 Å². The van der Waals surface area contributed by atoms with Crippen LogP contribution in [0.1, 0.15) is 17.6 Å². The normalized spacial score (nSPS) is 18.1. The quantitative estimate of drug-likeness (QED) is 0.861. The predicted molar refractivity (Wildman–Crippen MR) is 70.8 cm³/mol. The van der Waals surface area contributed by atoms with E-state index in [1.165, 1.54) is 5.01 Å². The molecule has 1 fully saturated rings. The number of carboxylic acids is 1. The van der Waals surface area contributed by atoms with E-state index in [2.05, 4.69) is 22.2 Å². The molecule has 1 aromatic rings. The van der Waals surface area contributed by atoms with Crippen molar-refractivity contribution in [2.24, 2.45) is 0 Å². The van der Waals surface area contributed by atoms with Crippen LogP contribution in [0.4, 0.5) is 0 Å². The van der Waals surface area contributed by atoms with Gasteiger partial charge in [0.25, 0.3) is 0 Å². The first kappa shape index (κ1) is 13.5. The minimum atomic E-state index is -0.740. The van der Waals surface area contributed by atoms with Gasteiger partial charge < -0.3 is 5.11 Å². The Morgan fingerprint density at radius 1 is 1.39 bits per heavy atom. The van der Waals surface area contributed by atoms with E-state index in [0.29, 0.717) is 0 Å². The summed E-state index contributed by atoms with van der Waals surface area (Å²) in [5, 5.41) is 12.0. The van der Waals surface area contributed by atoms with Crippen LogP contribution in [0.25, 0.3) is 0 Å². The van der Waals surface area contributed by atoms with Crippen molar-refractivity contribution in [2.75, 3.05) is 32.7 Å². The Bertz CT molecular complexity index is 400. The molecule has 0 bridgehead atoms. The maximum Gasteiger partial charge on any atom is 0.317 e. The zero-order valence-corrected chi connectivity index (χ0v) is 11.4. The van der Waals surface area contributed by atoms with Crippen LogP contribution in [-0.4, -0.2) is 58.6 Å². The Morgan fingerprint density at radius 3 is 2.61 bits per heavy atom. The molecule has 2 heterocycles. The molecule has 0 radical (unpaired) electrons. The van der Waals surface area contributed by atoms with Gasteiger partial charge in [0.1, 0.15) is 0 Å². The molecule has 0 aromatic carbocycles. The second-order valence-electron chi connectivity index (χ2n) is 4.53. The van der Waals surface area contributed by atoms with E-state index in [4.69, 9.17) is 5.11 Å². The number of thiazole rings is 1. The molecular weight excluding hydrogens is 250 g/mol. The maximum atomic E-state index is 10.6. The average Bonchev–Trinajstić information content (AvgIpc) is 2.79. The highest BCUT2D eigenvalue weighted by atomic mass is 32.1. The van der Waals surface area contributed by atoms with Crippen molar-refractivity contribution in [3.8, 4) is 0 Å². The molecule has 0 aliphatic carbocycles. The lowest BCUT2D eigenvalue weighted by Crippen LogP contribution is -2.47. The van der Waals surface area contributed by atoms with Crippen LogP contribution in [0, 0.1) is 0 Å². The summed E-state index contributed by atoms with van der Waals surface area (Å²) in [6.45, 7) is 6.67. The largest absolute Gasteiger partial charge is 0.480 e. The first-order chi connectivity index (χ1) is 8.67. The number of carbonyl (C=O) groups is 1. The SMILES string of the molecule is CCc1nc(CN2CCN(CC(=O)O)CC2)cs1. The maximum absolute atomic E-state index is 10.6. The highest BCUT2D eigenvalue weighted by Gasteiger charge is 2.19. The summed E-state index contributed by atoms with van der Waals surface area (Å²) in [5.41, 5.74) is 1.14. The van der Waals surface area contributed by atoms with Crippen molar-refractivity contribution in [3.05, 3.63) is 16.1 Å². The number of aliphatic carboxylic acids is 1. The molecular formula is C12H19N3O2S. The molecule has 100 valence electrons. The molecule has 0 spiro atoms. The summed E-state index contributed by atoms with van der Waals surface area (Å²) in [4.78, 5) is 19.5. The molecule has 0 atom stereocenters. The molecule has 0 unspecified atom stereocenters. The fourth-order valence-corrected chi connectivity index (χ4v) is 2.85. The Hall–Kier alpha value is -0.980. The summed E-state index contributed by atoms with van der Waals surface area (Å²) < 4.78 is 0. The molecule has 0 amide bonds. The van der Waals surface area contributed by atoms with Crippen LogP contribution in [-0.2, 0) is 17.8 Å². The molecule has 0 saturated carbocycles. The van der Waals surface area contributed by atoms with Gasteiger partial charge in [-0.15, -0.1) is 11.3 Å².